The standard InChI is InChI=1S/C12H14ClN/c1-4-9-5-6-10(11(13)7-9)12(2,3)8-14/h5-7H,4H2,1-3H3. The molecule has 2 heteroatoms. The molecule has 0 aliphatic heterocycles. The van der Waals surface area contributed by atoms with Crippen molar-refractivity contribution in [1.82, 2.24) is 0 Å². The molecule has 1 aromatic carbocycles. The maximum atomic E-state index is 8.99. The van der Waals surface area contributed by atoms with Gasteiger partial charge in [0, 0.05) is 5.02 Å². The zero-order valence-corrected chi connectivity index (χ0v) is 9.52. The highest BCUT2D eigenvalue weighted by Crippen LogP contribution is 2.29. The Morgan fingerprint density at radius 1 is 1.43 bits per heavy atom. The molecule has 0 saturated heterocycles. The van der Waals surface area contributed by atoms with Crippen LogP contribution in [0.4, 0.5) is 0 Å². The van der Waals surface area contributed by atoms with Gasteiger partial charge in [-0.1, -0.05) is 30.7 Å². The van der Waals surface area contributed by atoms with Crippen molar-refractivity contribution in [3.63, 3.8) is 0 Å². The number of benzene rings is 1. The third-order valence-electron chi connectivity index (χ3n) is 2.39. The first-order chi connectivity index (χ1) is 6.51. The van der Waals surface area contributed by atoms with Crippen molar-refractivity contribution in [2.45, 2.75) is 32.6 Å². The van der Waals surface area contributed by atoms with Crippen LogP contribution in [0, 0.1) is 11.3 Å². The molecule has 14 heavy (non-hydrogen) atoms. The van der Waals surface area contributed by atoms with E-state index < -0.39 is 5.41 Å². The van der Waals surface area contributed by atoms with Crippen LogP contribution >= 0.6 is 11.6 Å². The number of rotatable bonds is 2. The van der Waals surface area contributed by atoms with Gasteiger partial charge >= 0.3 is 0 Å². The lowest BCUT2D eigenvalue weighted by Gasteiger charge is -2.17. The van der Waals surface area contributed by atoms with Gasteiger partial charge in [0.2, 0.25) is 0 Å². The molecule has 0 unspecified atom stereocenters. The van der Waals surface area contributed by atoms with Crippen molar-refractivity contribution in [3.05, 3.63) is 34.3 Å². The number of halogens is 1. The summed E-state index contributed by atoms with van der Waals surface area (Å²) in [6, 6.07) is 8.17. The Morgan fingerprint density at radius 2 is 2.07 bits per heavy atom. The van der Waals surface area contributed by atoms with Crippen LogP contribution in [0.3, 0.4) is 0 Å². The Kier molecular flexibility index (Phi) is 3.18. The lowest BCUT2D eigenvalue weighted by Crippen LogP contribution is -2.14. The molecule has 0 atom stereocenters. The van der Waals surface area contributed by atoms with E-state index in [-0.39, 0.29) is 0 Å². The molecule has 1 nitrogen and oxygen atoms in total. The van der Waals surface area contributed by atoms with E-state index in [4.69, 9.17) is 16.9 Å². The zero-order chi connectivity index (χ0) is 10.8. The molecular formula is C12H14ClN. The molecule has 0 aliphatic carbocycles. The van der Waals surface area contributed by atoms with Crippen LogP contribution in [0.1, 0.15) is 31.9 Å². The molecule has 0 aliphatic rings. The minimum atomic E-state index is -0.511. The molecule has 0 spiro atoms. The summed E-state index contributed by atoms with van der Waals surface area (Å²) < 4.78 is 0. The van der Waals surface area contributed by atoms with E-state index in [1.165, 1.54) is 5.56 Å². The minimum Gasteiger partial charge on any atom is -0.197 e. The lowest BCUT2D eigenvalue weighted by atomic mass is 9.86. The van der Waals surface area contributed by atoms with E-state index in [0.29, 0.717) is 5.02 Å². The van der Waals surface area contributed by atoms with Crippen LogP contribution in [0.2, 0.25) is 5.02 Å². The molecular weight excluding hydrogens is 194 g/mol. The normalized spacial score (nSPS) is 11.1. The molecule has 0 amide bonds. The molecule has 0 aromatic heterocycles. The molecule has 0 bridgehead atoms. The van der Waals surface area contributed by atoms with Crippen molar-refractivity contribution in [2.75, 3.05) is 0 Å². The smallest absolute Gasteiger partial charge is 0.0780 e. The van der Waals surface area contributed by atoms with Crippen LogP contribution in [0.25, 0.3) is 0 Å². The fourth-order valence-electron chi connectivity index (χ4n) is 1.35. The number of nitriles is 1. The Bertz CT molecular complexity index is 374. The first-order valence-corrected chi connectivity index (χ1v) is 5.09. The first-order valence-electron chi connectivity index (χ1n) is 4.71. The van der Waals surface area contributed by atoms with Gasteiger partial charge in [-0.05, 0) is 37.5 Å². The number of aryl methyl sites for hydroxylation is 1. The van der Waals surface area contributed by atoms with Crippen LogP contribution in [-0.2, 0) is 11.8 Å². The highest BCUT2D eigenvalue weighted by molar-refractivity contribution is 6.31. The average Bonchev–Trinajstić information content (AvgIpc) is 2.17. The van der Waals surface area contributed by atoms with E-state index in [2.05, 4.69) is 13.0 Å². The van der Waals surface area contributed by atoms with Crippen LogP contribution < -0.4 is 0 Å². The second-order valence-corrected chi connectivity index (χ2v) is 4.31. The maximum absolute atomic E-state index is 8.99. The van der Waals surface area contributed by atoms with Gasteiger partial charge in [0.05, 0.1) is 11.5 Å². The van der Waals surface area contributed by atoms with E-state index in [1.807, 2.05) is 32.0 Å². The Morgan fingerprint density at radius 3 is 2.50 bits per heavy atom. The molecule has 1 rings (SSSR count). The topological polar surface area (TPSA) is 23.8 Å². The van der Waals surface area contributed by atoms with E-state index in [9.17, 15) is 0 Å². The molecule has 0 N–H and O–H groups in total. The van der Waals surface area contributed by atoms with Gasteiger partial charge in [0.15, 0.2) is 0 Å². The number of hydrogen-bond acceptors (Lipinski definition) is 1. The van der Waals surface area contributed by atoms with Gasteiger partial charge in [-0.3, -0.25) is 0 Å². The Labute approximate surface area is 90.3 Å². The second kappa shape index (κ2) is 4.02. The second-order valence-electron chi connectivity index (χ2n) is 3.90. The SMILES string of the molecule is CCc1ccc(C(C)(C)C#N)c(Cl)c1. The quantitative estimate of drug-likeness (QED) is 0.726. The molecule has 0 heterocycles. The predicted molar refractivity (Wildman–Crippen MR) is 59.5 cm³/mol. The highest BCUT2D eigenvalue weighted by atomic mass is 35.5. The fourth-order valence-corrected chi connectivity index (χ4v) is 1.78. The van der Waals surface area contributed by atoms with Crippen molar-refractivity contribution in [3.8, 4) is 6.07 Å². The summed E-state index contributed by atoms with van der Waals surface area (Å²) in [5, 5.41) is 9.68. The summed E-state index contributed by atoms with van der Waals surface area (Å²) in [6.07, 6.45) is 0.965. The van der Waals surface area contributed by atoms with Gasteiger partial charge in [-0.15, -0.1) is 0 Å². The number of hydrogen-bond donors (Lipinski definition) is 0. The van der Waals surface area contributed by atoms with Crippen molar-refractivity contribution >= 4 is 11.6 Å². The summed E-state index contributed by atoms with van der Waals surface area (Å²) in [4.78, 5) is 0. The summed E-state index contributed by atoms with van der Waals surface area (Å²) in [6.45, 7) is 5.83. The van der Waals surface area contributed by atoms with E-state index in [0.717, 1.165) is 12.0 Å². The fraction of sp³-hybridized carbons (Fsp3) is 0.417. The van der Waals surface area contributed by atoms with Gasteiger partial charge in [-0.2, -0.15) is 5.26 Å². The molecule has 74 valence electrons. The zero-order valence-electron chi connectivity index (χ0n) is 8.76. The summed E-state index contributed by atoms with van der Waals surface area (Å²) in [5.41, 5.74) is 1.59. The molecule has 0 fully saturated rings. The van der Waals surface area contributed by atoms with Gasteiger partial charge < -0.3 is 0 Å². The van der Waals surface area contributed by atoms with Gasteiger partial charge in [0.25, 0.3) is 0 Å². The molecule has 1 aromatic rings. The third kappa shape index (κ3) is 2.08. The average molecular weight is 208 g/mol. The first kappa shape index (κ1) is 11.1. The highest BCUT2D eigenvalue weighted by Gasteiger charge is 2.22. The summed E-state index contributed by atoms with van der Waals surface area (Å²) in [7, 11) is 0. The summed E-state index contributed by atoms with van der Waals surface area (Å²) in [5.74, 6) is 0. The van der Waals surface area contributed by atoms with Gasteiger partial charge in [-0.25, -0.2) is 0 Å². The largest absolute Gasteiger partial charge is 0.197 e. The summed E-state index contributed by atoms with van der Waals surface area (Å²) >= 11 is 6.12. The minimum absolute atomic E-state index is 0.511. The molecule has 0 radical (unpaired) electrons. The lowest BCUT2D eigenvalue weighted by molar-refractivity contribution is 0.686. The number of nitrogens with zero attached hydrogens (tertiary/aromatic N) is 1. The van der Waals surface area contributed by atoms with E-state index >= 15 is 0 Å². The maximum Gasteiger partial charge on any atom is 0.0780 e. The van der Waals surface area contributed by atoms with Crippen molar-refractivity contribution in [1.29, 1.82) is 5.26 Å². The molecule has 0 saturated carbocycles. The van der Waals surface area contributed by atoms with Crippen molar-refractivity contribution < 1.29 is 0 Å². The van der Waals surface area contributed by atoms with Crippen LogP contribution in [0.5, 0.6) is 0 Å². The van der Waals surface area contributed by atoms with Crippen molar-refractivity contribution in [2.24, 2.45) is 0 Å². The van der Waals surface area contributed by atoms with Crippen LogP contribution in [0.15, 0.2) is 18.2 Å². The Balaban J connectivity index is 3.20. The monoisotopic (exact) mass is 207 g/mol. The Hall–Kier alpha value is -1.00. The van der Waals surface area contributed by atoms with Crippen LogP contribution in [-0.4, -0.2) is 0 Å². The third-order valence-corrected chi connectivity index (χ3v) is 2.71. The predicted octanol–water partition coefficient (Wildman–Crippen LogP) is 3.70. The van der Waals surface area contributed by atoms with Gasteiger partial charge in [0.1, 0.15) is 0 Å². The van der Waals surface area contributed by atoms with E-state index in [1.54, 1.807) is 0 Å².